The van der Waals surface area contributed by atoms with Gasteiger partial charge in [-0.1, -0.05) is 80.0 Å². The van der Waals surface area contributed by atoms with Gasteiger partial charge in [-0.2, -0.15) is 0 Å². The molecule has 1 aliphatic rings. The molecular formula is C42H44ClN5O5S2. The topological polar surface area (TPSA) is 125 Å². The van der Waals surface area contributed by atoms with Crippen molar-refractivity contribution in [3.8, 4) is 11.1 Å². The third-order valence-electron chi connectivity index (χ3n) is 9.45. The molecule has 5 aromatic rings. The van der Waals surface area contributed by atoms with Gasteiger partial charge >= 0.3 is 0 Å². The van der Waals surface area contributed by atoms with Crippen LogP contribution in [0.3, 0.4) is 0 Å². The fraction of sp³-hybridized carbons (Fsp3) is 0.262. The fourth-order valence-electron chi connectivity index (χ4n) is 6.66. The molecule has 0 aliphatic carbocycles. The standard InChI is InChI=1S/C42H44ClN5O5S2/c1-30(2)26-35(29-54-37-9-4-3-5-10-37)44-40-21-20-38(27-41(40)48(50)51)55(52,53)45-42(49)32-14-18-36(19-15-32)47-24-22-46(23-25-47)28-33-8-6-7-11-39(33)31-12-16-34(43)17-13-31/h3-21,27,30,35,44H,22-26,28-29H2,1-2H3,(H,45,49)/t35-/m0/s1. The van der Waals surface area contributed by atoms with E-state index in [0.29, 0.717) is 16.7 Å². The van der Waals surface area contributed by atoms with Crippen molar-refractivity contribution >= 4 is 56.4 Å². The molecule has 1 aliphatic heterocycles. The zero-order valence-corrected chi connectivity index (χ0v) is 33.1. The van der Waals surface area contributed by atoms with Crippen LogP contribution < -0.4 is 14.9 Å². The first kappa shape index (κ1) is 39.8. The van der Waals surface area contributed by atoms with Gasteiger partial charge in [0.25, 0.3) is 21.6 Å². The first-order valence-electron chi connectivity index (χ1n) is 18.2. The highest BCUT2D eigenvalue weighted by atomic mass is 35.5. The number of sulfonamides is 1. The van der Waals surface area contributed by atoms with Crippen molar-refractivity contribution < 1.29 is 18.1 Å². The van der Waals surface area contributed by atoms with Crippen LogP contribution in [0.4, 0.5) is 17.1 Å². The van der Waals surface area contributed by atoms with Crippen molar-refractivity contribution in [2.24, 2.45) is 5.92 Å². The predicted molar refractivity (Wildman–Crippen MR) is 223 cm³/mol. The highest BCUT2D eigenvalue weighted by Crippen LogP contribution is 2.31. The number of hydrogen-bond acceptors (Lipinski definition) is 9. The van der Waals surface area contributed by atoms with Crippen LogP contribution in [0.15, 0.2) is 131 Å². The summed E-state index contributed by atoms with van der Waals surface area (Å²) in [5, 5.41) is 16.1. The molecule has 1 saturated heterocycles. The van der Waals surface area contributed by atoms with Crippen molar-refractivity contribution in [2.75, 3.05) is 42.1 Å². The maximum Gasteiger partial charge on any atom is 0.293 e. The molecule has 10 nitrogen and oxygen atoms in total. The summed E-state index contributed by atoms with van der Waals surface area (Å²) in [5.41, 5.74) is 4.47. The van der Waals surface area contributed by atoms with Gasteiger partial charge in [-0.05, 0) is 89.7 Å². The number of hydrogen-bond donors (Lipinski definition) is 2. The first-order valence-corrected chi connectivity index (χ1v) is 21.0. The van der Waals surface area contributed by atoms with Gasteiger partial charge < -0.3 is 10.2 Å². The molecular weight excluding hydrogens is 754 g/mol. The first-order chi connectivity index (χ1) is 26.4. The van der Waals surface area contributed by atoms with Crippen molar-refractivity contribution in [1.29, 1.82) is 0 Å². The van der Waals surface area contributed by atoms with Crippen LogP contribution in [0.2, 0.25) is 5.02 Å². The Morgan fingerprint density at radius 3 is 2.22 bits per heavy atom. The number of carbonyl (C=O) groups excluding carboxylic acids is 1. The molecule has 286 valence electrons. The molecule has 1 atom stereocenters. The van der Waals surface area contributed by atoms with E-state index < -0.39 is 20.9 Å². The second kappa shape index (κ2) is 18.2. The molecule has 2 N–H and O–H groups in total. The van der Waals surface area contributed by atoms with E-state index in [2.05, 4.69) is 51.9 Å². The minimum Gasteiger partial charge on any atom is -0.376 e. The van der Waals surface area contributed by atoms with Crippen molar-refractivity contribution in [3.63, 3.8) is 0 Å². The lowest BCUT2D eigenvalue weighted by atomic mass is 9.99. The maximum atomic E-state index is 13.3. The van der Waals surface area contributed by atoms with E-state index in [4.69, 9.17) is 11.6 Å². The van der Waals surface area contributed by atoms with Crippen LogP contribution in [0, 0.1) is 16.0 Å². The number of piperazine rings is 1. The van der Waals surface area contributed by atoms with Gasteiger partial charge in [0.2, 0.25) is 0 Å². The minimum absolute atomic E-state index is 0.110. The summed E-state index contributed by atoms with van der Waals surface area (Å²) in [4.78, 5) is 30.0. The molecule has 1 heterocycles. The van der Waals surface area contributed by atoms with Crippen LogP contribution in [-0.4, -0.2) is 62.1 Å². The van der Waals surface area contributed by atoms with Gasteiger partial charge in [0.05, 0.1) is 9.82 Å². The molecule has 6 rings (SSSR count). The zero-order valence-electron chi connectivity index (χ0n) is 30.7. The molecule has 0 aromatic heterocycles. The van der Waals surface area contributed by atoms with Gasteiger partial charge in [-0.3, -0.25) is 19.8 Å². The summed E-state index contributed by atoms with van der Waals surface area (Å²) in [6.07, 6.45) is 0.753. The Hall–Kier alpha value is -4.88. The Labute approximate surface area is 332 Å². The maximum absolute atomic E-state index is 13.3. The lowest BCUT2D eigenvalue weighted by Crippen LogP contribution is -2.46. The Morgan fingerprint density at radius 1 is 0.873 bits per heavy atom. The van der Waals surface area contributed by atoms with E-state index in [-0.39, 0.29) is 27.9 Å². The number of nitrogens with zero attached hydrogens (tertiary/aromatic N) is 3. The van der Waals surface area contributed by atoms with Crippen LogP contribution in [0.1, 0.15) is 36.2 Å². The average Bonchev–Trinajstić information content (AvgIpc) is 3.18. The van der Waals surface area contributed by atoms with Crippen LogP contribution in [0.5, 0.6) is 0 Å². The van der Waals surface area contributed by atoms with Gasteiger partial charge in [0.15, 0.2) is 0 Å². The smallest absolute Gasteiger partial charge is 0.293 e. The Bertz CT molecular complexity index is 2200. The number of rotatable bonds is 15. The number of halogens is 1. The molecule has 0 unspecified atom stereocenters. The summed E-state index contributed by atoms with van der Waals surface area (Å²) in [7, 11) is -4.42. The fourth-order valence-corrected chi connectivity index (χ4v) is 8.74. The van der Waals surface area contributed by atoms with Gasteiger partial charge in [0, 0.05) is 71.8 Å². The van der Waals surface area contributed by atoms with E-state index in [0.717, 1.165) is 61.4 Å². The highest BCUT2D eigenvalue weighted by molar-refractivity contribution is 7.99. The third-order valence-corrected chi connectivity index (χ3v) is 12.2. The van der Waals surface area contributed by atoms with Gasteiger partial charge in [-0.25, -0.2) is 13.1 Å². The minimum atomic E-state index is -4.42. The molecule has 1 amide bonds. The van der Waals surface area contributed by atoms with E-state index in [9.17, 15) is 23.3 Å². The molecule has 0 radical (unpaired) electrons. The summed E-state index contributed by atoms with van der Waals surface area (Å²) >= 11 is 7.75. The zero-order chi connectivity index (χ0) is 39.0. The molecule has 0 saturated carbocycles. The van der Waals surface area contributed by atoms with Crippen molar-refractivity contribution in [1.82, 2.24) is 9.62 Å². The largest absolute Gasteiger partial charge is 0.376 e. The predicted octanol–water partition coefficient (Wildman–Crippen LogP) is 8.98. The van der Waals surface area contributed by atoms with E-state index in [1.54, 1.807) is 23.9 Å². The van der Waals surface area contributed by atoms with Crippen molar-refractivity contribution in [3.05, 3.63) is 148 Å². The van der Waals surface area contributed by atoms with Crippen molar-refractivity contribution in [2.45, 2.75) is 42.6 Å². The van der Waals surface area contributed by atoms with E-state index in [1.807, 2.05) is 72.8 Å². The summed E-state index contributed by atoms with van der Waals surface area (Å²) < 4.78 is 28.7. The lowest BCUT2D eigenvalue weighted by Gasteiger charge is -2.36. The van der Waals surface area contributed by atoms with Crippen LogP contribution >= 0.6 is 23.4 Å². The normalized spacial score (nSPS) is 14.1. The Morgan fingerprint density at radius 2 is 1.55 bits per heavy atom. The number of amides is 1. The van der Waals surface area contributed by atoms with E-state index in [1.165, 1.54) is 23.3 Å². The van der Waals surface area contributed by atoms with E-state index >= 15 is 0 Å². The number of anilines is 2. The number of nitro benzene ring substituents is 1. The number of nitrogens with one attached hydrogen (secondary N) is 2. The quantitative estimate of drug-likeness (QED) is 0.0607. The summed E-state index contributed by atoms with van der Waals surface area (Å²) in [5.74, 6) is 0.156. The number of carbonyl (C=O) groups is 1. The lowest BCUT2D eigenvalue weighted by molar-refractivity contribution is -0.384. The summed E-state index contributed by atoms with van der Waals surface area (Å²) in [6, 6.07) is 36.5. The molecule has 0 spiro atoms. The van der Waals surface area contributed by atoms with Crippen LogP contribution in [0.25, 0.3) is 11.1 Å². The van der Waals surface area contributed by atoms with Crippen LogP contribution in [-0.2, 0) is 16.6 Å². The molecule has 13 heteroatoms. The van der Waals surface area contributed by atoms with Gasteiger partial charge in [-0.15, -0.1) is 11.8 Å². The SMILES string of the molecule is CC(C)C[C@@H](CSc1ccccc1)Nc1ccc(S(=O)(=O)NC(=O)c2ccc(N3CCN(Cc4ccccc4-c4ccc(Cl)cc4)CC3)cc2)cc1[N+](=O)[O-]. The monoisotopic (exact) mass is 797 g/mol. The van der Waals surface area contributed by atoms with Gasteiger partial charge in [0.1, 0.15) is 5.69 Å². The number of benzene rings is 5. The highest BCUT2D eigenvalue weighted by Gasteiger charge is 2.26. The molecule has 5 aromatic carbocycles. The molecule has 0 bridgehead atoms. The Balaban J connectivity index is 1.06. The summed E-state index contributed by atoms with van der Waals surface area (Å²) in [6.45, 7) is 8.25. The number of thioether (sulfide) groups is 1. The average molecular weight is 798 g/mol. The second-order valence-electron chi connectivity index (χ2n) is 13.9. The number of nitro groups is 1. The third kappa shape index (κ3) is 10.7. The second-order valence-corrected chi connectivity index (χ2v) is 17.2. The molecule has 55 heavy (non-hydrogen) atoms. The Kier molecular flexibility index (Phi) is 13.1. The molecule has 1 fully saturated rings.